The average molecular weight is 278 g/mol. The van der Waals surface area contributed by atoms with Crippen molar-refractivity contribution in [1.29, 1.82) is 0 Å². The van der Waals surface area contributed by atoms with Crippen LogP contribution in [-0.4, -0.2) is 27.2 Å². The van der Waals surface area contributed by atoms with E-state index in [1.54, 1.807) is 14.1 Å². The van der Waals surface area contributed by atoms with E-state index in [9.17, 15) is 0 Å². The molecule has 0 bridgehead atoms. The van der Waals surface area contributed by atoms with Gasteiger partial charge in [0.05, 0.1) is 0 Å². The molecule has 0 heterocycles. The zero-order chi connectivity index (χ0) is 9.54. The van der Waals surface area contributed by atoms with E-state index in [1.165, 1.54) is 0 Å². The van der Waals surface area contributed by atoms with Gasteiger partial charge in [0.25, 0.3) is 0 Å². The molecule has 0 unspecified atom stereocenters. The molecule has 2 nitrogen and oxygen atoms in total. The molecule has 0 aliphatic rings. The van der Waals surface area contributed by atoms with Crippen LogP contribution in [0.3, 0.4) is 0 Å². The normalized spacial score (nSPS) is 6.36. The second-order valence-electron chi connectivity index (χ2n) is 1.37. The molecule has 0 aliphatic heterocycles. The van der Waals surface area contributed by atoms with E-state index in [2.05, 4.69) is 10.6 Å². The van der Waals surface area contributed by atoms with Gasteiger partial charge in [0, 0.05) is 0 Å². The van der Waals surface area contributed by atoms with Gasteiger partial charge in [-0.3, -0.25) is 0 Å². The molecule has 0 rings (SSSR count). The molecule has 0 saturated heterocycles. The van der Waals surface area contributed by atoms with Gasteiger partial charge in [-0.1, -0.05) is 13.8 Å². The minimum atomic E-state index is -0.826. The molecule has 0 amide bonds. The van der Waals surface area contributed by atoms with Crippen molar-refractivity contribution in [1.82, 2.24) is 0 Å². The minimum absolute atomic E-state index is 0.826. The van der Waals surface area contributed by atoms with Crippen molar-refractivity contribution in [3.8, 4) is 0 Å². The summed E-state index contributed by atoms with van der Waals surface area (Å²) in [5.41, 5.74) is 0. The molecule has 0 spiro atoms. The fraction of sp³-hybridized carbons (Fsp3) is 1.00. The molecule has 0 fully saturated rings. The number of hydrogen-bond acceptors (Lipinski definition) is 0. The SMILES string of the molecule is CC[N-]CC.C[N-]C.[Cl][Zr+2][Cl]. The standard InChI is InChI=1S/C4H10N.C2H6N.2ClH.Zr/c1-3-5-4-2;1-3-2;;;/h3-4H2,1-2H3;1-2H3;2*1H;/q2*-1;;;+4/p-2. The van der Waals surface area contributed by atoms with E-state index in [0.29, 0.717) is 0 Å². The molecule has 11 heavy (non-hydrogen) atoms. The van der Waals surface area contributed by atoms with Gasteiger partial charge in [0.1, 0.15) is 0 Å². The first-order chi connectivity index (χ1) is 5.24. The van der Waals surface area contributed by atoms with E-state index in [1.807, 2.05) is 13.8 Å². The van der Waals surface area contributed by atoms with Crippen molar-refractivity contribution >= 4 is 17.0 Å². The van der Waals surface area contributed by atoms with Crippen LogP contribution in [0, 0.1) is 0 Å². The Balaban J connectivity index is -0.0000000933. The Morgan fingerprint density at radius 2 is 1.27 bits per heavy atom. The van der Waals surface area contributed by atoms with E-state index < -0.39 is 20.8 Å². The molecule has 0 N–H and O–H groups in total. The summed E-state index contributed by atoms with van der Waals surface area (Å²) in [6.07, 6.45) is 0. The fourth-order valence-corrected chi connectivity index (χ4v) is 0.224. The molecule has 0 aromatic rings. The number of halogens is 2. The Morgan fingerprint density at radius 1 is 1.09 bits per heavy atom. The molecule has 0 aromatic heterocycles. The van der Waals surface area contributed by atoms with Crippen LogP contribution in [-0.2, 0) is 20.8 Å². The maximum absolute atomic E-state index is 4.93. The third-order valence-electron chi connectivity index (χ3n) is 0.447. The zero-order valence-corrected chi connectivity index (χ0v) is 11.5. The monoisotopic (exact) mass is 276 g/mol. The summed E-state index contributed by atoms with van der Waals surface area (Å²) in [4.78, 5) is 0. The quantitative estimate of drug-likeness (QED) is 0.740. The Bertz CT molecular complexity index is 37.8. The molecule has 68 valence electrons. The van der Waals surface area contributed by atoms with E-state index in [0.717, 1.165) is 13.1 Å². The van der Waals surface area contributed by atoms with Gasteiger partial charge >= 0.3 is 37.9 Å². The van der Waals surface area contributed by atoms with Crippen molar-refractivity contribution in [2.24, 2.45) is 0 Å². The third kappa shape index (κ3) is 87.6. The maximum atomic E-state index is 4.93. The first-order valence-corrected chi connectivity index (χ1v) is 9.65. The van der Waals surface area contributed by atoms with Gasteiger partial charge in [-0.15, -0.1) is 0 Å². The van der Waals surface area contributed by atoms with Crippen LogP contribution in [0.1, 0.15) is 13.8 Å². The summed E-state index contributed by atoms with van der Waals surface area (Å²) in [6.45, 7) is 6.03. The molecule has 0 aliphatic carbocycles. The summed E-state index contributed by atoms with van der Waals surface area (Å²) >= 11 is -0.826. The predicted octanol–water partition coefficient (Wildman–Crippen LogP) is 3.40. The van der Waals surface area contributed by atoms with Gasteiger partial charge in [0.15, 0.2) is 0 Å². The molecular formula is C6H16Cl2N2Zr. The first-order valence-electron chi connectivity index (χ1n) is 3.32. The number of hydrogen-bond donors (Lipinski definition) is 0. The van der Waals surface area contributed by atoms with Crippen LogP contribution in [0.25, 0.3) is 10.6 Å². The van der Waals surface area contributed by atoms with Crippen molar-refractivity contribution in [3.63, 3.8) is 0 Å². The number of nitrogens with zero attached hydrogens (tertiary/aromatic N) is 2. The number of rotatable bonds is 2. The molecule has 0 saturated carbocycles. The molecule has 0 radical (unpaired) electrons. The van der Waals surface area contributed by atoms with E-state index in [4.69, 9.17) is 17.0 Å². The zero-order valence-electron chi connectivity index (χ0n) is 7.56. The van der Waals surface area contributed by atoms with Crippen molar-refractivity contribution in [2.75, 3.05) is 27.2 Å². The summed E-state index contributed by atoms with van der Waals surface area (Å²) < 4.78 is 0. The Morgan fingerprint density at radius 3 is 1.27 bits per heavy atom. The van der Waals surface area contributed by atoms with E-state index >= 15 is 0 Å². The summed E-state index contributed by atoms with van der Waals surface area (Å²) in [5.74, 6) is 0. The Kier molecular flexibility index (Phi) is 49.9. The Labute approximate surface area is 89.1 Å². The van der Waals surface area contributed by atoms with Crippen LogP contribution < -0.4 is 0 Å². The van der Waals surface area contributed by atoms with Gasteiger partial charge in [0.2, 0.25) is 0 Å². The van der Waals surface area contributed by atoms with Crippen LogP contribution in [0.2, 0.25) is 0 Å². The average Bonchev–Trinajstić information content (AvgIpc) is 1.92. The summed E-state index contributed by atoms with van der Waals surface area (Å²) in [7, 11) is 13.4. The molecular weight excluding hydrogens is 262 g/mol. The van der Waals surface area contributed by atoms with Gasteiger partial charge < -0.3 is 10.6 Å². The van der Waals surface area contributed by atoms with E-state index in [-0.39, 0.29) is 0 Å². The molecule has 0 aromatic carbocycles. The van der Waals surface area contributed by atoms with Crippen molar-refractivity contribution in [2.45, 2.75) is 13.8 Å². The van der Waals surface area contributed by atoms with Crippen LogP contribution in [0.5, 0.6) is 0 Å². The third-order valence-corrected chi connectivity index (χ3v) is 0.447. The Hall–Kier alpha value is 1.38. The summed E-state index contributed by atoms with van der Waals surface area (Å²) in [5, 5.41) is 7.47. The molecule has 0 atom stereocenters. The van der Waals surface area contributed by atoms with Gasteiger partial charge in [-0.05, 0) is 0 Å². The van der Waals surface area contributed by atoms with Crippen LogP contribution in [0.15, 0.2) is 0 Å². The topological polar surface area (TPSA) is 28.2 Å². The first kappa shape index (κ1) is 18.2. The van der Waals surface area contributed by atoms with Crippen LogP contribution >= 0.6 is 17.0 Å². The second-order valence-corrected chi connectivity index (χ2v) is 5.11. The van der Waals surface area contributed by atoms with Gasteiger partial charge in [-0.25, -0.2) is 0 Å². The molecule has 5 heteroatoms. The van der Waals surface area contributed by atoms with Crippen molar-refractivity contribution < 1.29 is 20.8 Å². The predicted molar refractivity (Wildman–Crippen MR) is 51.4 cm³/mol. The fourth-order valence-electron chi connectivity index (χ4n) is 0.224. The second kappa shape index (κ2) is 30.1. The summed E-state index contributed by atoms with van der Waals surface area (Å²) in [6, 6.07) is 0. The van der Waals surface area contributed by atoms with Crippen molar-refractivity contribution in [3.05, 3.63) is 10.6 Å². The van der Waals surface area contributed by atoms with Gasteiger partial charge in [-0.2, -0.15) is 27.2 Å². The van der Waals surface area contributed by atoms with Crippen LogP contribution in [0.4, 0.5) is 0 Å².